The highest BCUT2D eigenvalue weighted by atomic mass is 79.9. The summed E-state index contributed by atoms with van der Waals surface area (Å²) in [6.07, 6.45) is 2.07. The van der Waals surface area contributed by atoms with E-state index in [9.17, 15) is 0 Å². The first-order valence-electron chi connectivity index (χ1n) is 5.47. The summed E-state index contributed by atoms with van der Waals surface area (Å²) in [5.41, 5.74) is 10.1. The second kappa shape index (κ2) is 4.42. The smallest absolute Gasteiger partial charge is 0.0737 e. The van der Waals surface area contributed by atoms with Gasteiger partial charge in [0, 0.05) is 21.2 Å². The highest BCUT2D eigenvalue weighted by Gasteiger charge is 2.05. The van der Waals surface area contributed by atoms with Crippen molar-refractivity contribution in [3.05, 3.63) is 33.9 Å². The first kappa shape index (κ1) is 11.4. The van der Waals surface area contributed by atoms with E-state index in [4.69, 9.17) is 5.73 Å². The molecule has 2 N–H and O–H groups in total. The van der Waals surface area contributed by atoms with Crippen molar-refractivity contribution in [2.75, 3.05) is 5.73 Å². The van der Waals surface area contributed by atoms with E-state index in [0.29, 0.717) is 0 Å². The molecule has 1 heterocycles. The van der Waals surface area contributed by atoms with Crippen LogP contribution in [0.2, 0.25) is 0 Å². The minimum absolute atomic E-state index is 0.823. The SMILES string of the molecule is CCCc1cc(N)c2cc(C)c(Br)cc2n1. The standard InChI is InChI=1S/C13H15BrN2/c1-3-4-9-6-12(15)10-5-8(2)11(14)7-13(10)16-9/h5-7H,3-4H2,1-2H3,(H2,15,16). The number of benzene rings is 1. The second-order valence-electron chi connectivity index (χ2n) is 4.07. The van der Waals surface area contributed by atoms with Crippen LogP contribution in [0.3, 0.4) is 0 Å². The van der Waals surface area contributed by atoms with Crippen molar-refractivity contribution in [3.8, 4) is 0 Å². The van der Waals surface area contributed by atoms with Crippen LogP contribution in [-0.2, 0) is 6.42 Å². The number of fused-ring (bicyclic) bond motifs is 1. The Morgan fingerprint density at radius 2 is 2.06 bits per heavy atom. The van der Waals surface area contributed by atoms with Gasteiger partial charge >= 0.3 is 0 Å². The lowest BCUT2D eigenvalue weighted by Crippen LogP contribution is -1.96. The maximum atomic E-state index is 6.05. The summed E-state index contributed by atoms with van der Waals surface area (Å²) in [7, 11) is 0. The predicted molar refractivity (Wildman–Crippen MR) is 72.6 cm³/mol. The van der Waals surface area contributed by atoms with Gasteiger partial charge in [0.15, 0.2) is 0 Å². The number of hydrogen-bond acceptors (Lipinski definition) is 2. The predicted octanol–water partition coefficient (Wildman–Crippen LogP) is 3.84. The third-order valence-corrected chi connectivity index (χ3v) is 3.53. The van der Waals surface area contributed by atoms with Gasteiger partial charge in [-0.25, -0.2) is 0 Å². The van der Waals surface area contributed by atoms with Gasteiger partial charge in [-0.05, 0) is 37.1 Å². The van der Waals surface area contributed by atoms with Crippen LogP contribution in [0.5, 0.6) is 0 Å². The Balaban J connectivity index is 2.67. The third kappa shape index (κ3) is 2.05. The number of halogens is 1. The Labute approximate surface area is 104 Å². The molecule has 0 spiro atoms. The van der Waals surface area contributed by atoms with Gasteiger partial charge in [0.05, 0.1) is 5.52 Å². The molecule has 0 aliphatic heterocycles. The van der Waals surface area contributed by atoms with Crippen LogP contribution in [0, 0.1) is 6.92 Å². The van der Waals surface area contributed by atoms with Gasteiger partial charge in [0.2, 0.25) is 0 Å². The number of aromatic nitrogens is 1. The highest BCUT2D eigenvalue weighted by Crippen LogP contribution is 2.27. The van der Waals surface area contributed by atoms with E-state index in [-0.39, 0.29) is 0 Å². The maximum absolute atomic E-state index is 6.05. The molecule has 2 rings (SSSR count). The van der Waals surface area contributed by atoms with Gasteiger partial charge in [-0.2, -0.15) is 0 Å². The summed E-state index contributed by atoms with van der Waals surface area (Å²) in [5, 5.41) is 1.04. The fourth-order valence-electron chi connectivity index (χ4n) is 1.82. The molecule has 1 aromatic carbocycles. The van der Waals surface area contributed by atoms with Crippen molar-refractivity contribution in [3.63, 3.8) is 0 Å². The van der Waals surface area contributed by atoms with Crippen molar-refractivity contribution >= 4 is 32.5 Å². The molecule has 0 amide bonds. The molecule has 0 saturated heterocycles. The van der Waals surface area contributed by atoms with Crippen LogP contribution in [0.1, 0.15) is 24.6 Å². The summed E-state index contributed by atoms with van der Waals surface area (Å²) >= 11 is 3.52. The summed E-state index contributed by atoms with van der Waals surface area (Å²) in [6, 6.07) is 6.11. The van der Waals surface area contributed by atoms with E-state index >= 15 is 0 Å². The van der Waals surface area contributed by atoms with Crippen molar-refractivity contribution in [2.45, 2.75) is 26.7 Å². The lowest BCUT2D eigenvalue weighted by Gasteiger charge is -2.07. The van der Waals surface area contributed by atoms with Crippen LogP contribution in [0.15, 0.2) is 22.7 Å². The zero-order valence-electron chi connectivity index (χ0n) is 9.55. The van der Waals surface area contributed by atoms with Crippen LogP contribution < -0.4 is 5.73 Å². The Bertz CT molecular complexity index is 535. The molecule has 3 heteroatoms. The molecule has 0 fully saturated rings. The molecule has 0 aliphatic carbocycles. The molecule has 1 aromatic heterocycles. The molecular weight excluding hydrogens is 264 g/mol. The molecule has 2 aromatic rings. The molecule has 16 heavy (non-hydrogen) atoms. The largest absolute Gasteiger partial charge is 0.398 e. The number of pyridine rings is 1. The van der Waals surface area contributed by atoms with Gasteiger partial charge in [-0.1, -0.05) is 29.3 Å². The maximum Gasteiger partial charge on any atom is 0.0737 e. The van der Waals surface area contributed by atoms with E-state index in [1.165, 1.54) is 5.56 Å². The number of nitrogen functional groups attached to an aromatic ring is 1. The molecule has 0 radical (unpaired) electrons. The molecule has 0 atom stereocenters. The molecule has 0 bridgehead atoms. The molecule has 0 saturated carbocycles. The van der Waals surface area contributed by atoms with Crippen LogP contribution in [-0.4, -0.2) is 4.98 Å². The summed E-state index contributed by atoms with van der Waals surface area (Å²) in [4.78, 5) is 4.62. The Morgan fingerprint density at radius 1 is 1.31 bits per heavy atom. The summed E-state index contributed by atoms with van der Waals surface area (Å²) in [5.74, 6) is 0. The lowest BCUT2D eigenvalue weighted by molar-refractivity contribution is 0.890. The van der Waals surface area contributed by atoms with E-state index < -0.39 is 0 Å². The number of rotatable bonds is 2. The second-order valence-corrected chi connectivity index (χ2v) is 4.93. The quantitative estimate of drug-likeness (QED) is 0.907. The minimum atomic E-state index is 0.823. The summed E-state index contributed by atoms with van der Waals surface area (Å²) < 4.78 is 1.08. The zero-order chi connectivity index (χ0) is 11.7. The number of anilines is 1. The van der Waals surface area contributed by atoms with Gasteiger partial charge in [-0.15, -0.1) is 0 Å². The third-order valence-electron chi connectivity index (χ3n) is 2.68. The monoisotopic (exact) mass is 278 g/mol. The number of nitrogens with two attached hydrogens (primary N) is 1. The Morgan fingerprint density at radius 3 is 2.75 bits per heavy atom. The first-order chi connectivity index (χ1) is 7.61. The van der Waals surface area contributed by atoms with Gasteiger partial charge in [-0.3, -0.25) is 4.98 Å². The van der Waals surface area contributed by atoms with Crippen molar-refractivity contribution < 1.29 is 0 Å². The van der Waals surface area contributed by atoms with Crippen LogP contribution >= 0.6 is 15.9 Å². The van der Waals surface area contributed by atoms with E-state index in [0.717, 1.165) is 39.6 Å². The normalized spacial score (nSPS) is 10.9. The molecule has 0 unspecified atom stereocenters. The fraction of sp³-hybridized carbons (Fsp3) is 0.308. The van der Waals surface area contributed by atoms with Gasteiger partial charge < -0.3 is 5.73 Å². The number of nitrogens with zero attached hydrogens (tertiary/aromatic N) is 1. The van der Waals surface area contributed by atoms with Gasteiger partial charge in [0.1, 0.15) is 0 Å². The van der Waals surface area contributed by atoms with E-state index in [1.54, 1.807) is 0 Å². The van der Waals surface area contributed by atoms with Crippen molar-refractivity contribution in [1.29, 1.82) is 0 Å². The topological polar surface area (TPSA) is 38.9 Å². The zero-order valence-corrected chi connectivity index (χ0v) is 11.1. The van der Waals surface area contributed by atoms with Crippen molar-refractivity contribution in [1.82, 2.24) is 4.98 Å². The van der Waals surface area contributed by atoms with Gasteiger partial charge in [0.25, 0.3) is 0 Å². The highest BCUT2D eigenvalue weighted by molar-refractivity contribution is 9.10. The average Bonchev–Trinajstić information content (AvgIpc) is 2.22. The lowest BCUT2D eigenvalue weighted by atomic mass is 10.1. The Kier molecular flexibility index (Phi) is 3.15. The number of aryl methyl sites for hydroxylation is 2. The van der Waals surface area contributed by atoms with Crippen LogP contribution in [0.4, 0.5) is 5.69 Å². The fourth-order valence-corrected chi connectivity index (χ4v) is 2.15. The molecule has 84 valence electrons. The minimum Gasteiger partial charge on any atom is -0.398 e. The van der Waals surface area contributed by atoms with Crippen LogP contribution in [0.25, 0.3) is 10.9 Å². The molecule has 0 aliphatic rings. The van der Waals surface area contributed by atoms with E-state index in [2.05, 4.69) is 40.8 Å². The van der Waals surface area contributed by atoms with E-state index in [1.807, 2.05) is 12.1 Å². The average molecular weight is 279 g/mol. The Hall–Kier alpha value is -1.09. The number of hydrogen-bond donors (Lipinski definition) is 1. The molecular formula is C13H15BrN2. The van der Waals surface area contributed by atoms with Crippen molar-refractivity contribution in [2.24, 2.45) is 0 Å². The summed E-state index contributed by atoms with van der Waals surface area (Å²) in [6.45, 7) is 4.20. The molecule has 2 nitrogen and oxygen atoms in total. The first-order valence-corrected chi connectivity index (χ1v) is 6.26.